The summed E-state index contributed by atoms with van der Waals surface area (Å²) in [5.74, 6) is 5.54. The van der Waals surface area contributed by atoms with Gasteiger partial charge in [-0.3, -0.25) is 14.4 Å². The Hall–Kier alpha value is -3.91. The first-order chi connectivity index (χ1) is 23.8. The van der Waals surface area contributed by atoms with Gasteiger partial charge in [0.15, 0.2) is 6.29 Å². The Morgan fingerprint density at radius 2 is 1.49 bits per heavy atom. The number of carbonyl (C=O) groups is 3. The fraction of sp³-hybridized carbons (Fsp3) is 0.514. The molecule has 14 nitrogen and oxygen atoms in total. The fourth-order valence-electron chi connectivity index (χ4n) is 5.29. The molecule has 266 valence electrons. The van der Waals surface area contributed by atoms with E-state index in [4.69, 9.17) is 23.7 Å². The number of anilines is 1. The second-order valence-electron chi connectivity index (χ2n) is 11.4. The standard InChI is InChI=1S/C35H45N3O11/c1-24(40)37-32-34(44)33(43)29(23-39)49-35(32)48-21-20-47-19-18-46-17-16-45-15-14-36-30(41)12-13-31(42)38-22-27-8-3-2-6-25(27)10-11-26-7-4-5-9-28(26)38/h2-9,29,32-35,39,43-44H,12-23H2,1H3,(H,36,41)(H,37,40)/t29-,32-,33+,34-,35-/m1/s1. The van der Waals surface area contributed by atoms with Crippen LogP contribution in [0.15, 0.2) is 48.5 Å². The molecule has 0 unspecified atom stereocenters. The molecule has 3 amide bonds. The van der Waals surface area contributed by atoms with Crippen molar-refractivity contribution < 1.29 is 53.4 Å². The highest BCUT2D eigenvalue weighted by Gasteiger charge is 2.45. The first-order valence-electron chi connectivity index (χ1n) is 16.3. The van der Waals surface area contributed by atoms with Crippen molar-refractivity contribution in [2.24, 2.45) is 0 Å². The minimum Gasteiger partial charge on any atom is -0.394 e. The largest absolute Gasteiger partial charge is 0.394 e. The van der Waals surface area contributed by atoms with E-state index in [1.165, 1.54) is 6.92 Å². The molecular weight excluding hydrogens is 638 g/mol. The van der Waals surface area contributed by atoms with E-state index in [-0.39, 0.29) is 51.1 Å². The number of aliphatic hydroxyl groups is 3. The summed E-state index contributed by atoms with van der Waals surface area (Å²) < 4.78 is 27.5. The van der Waals surface area contributed by atoms with Crippen molar-refractivity contribution in [2.75, 3.05) is 64.3 Å². The van der Waals surface area contributed by atoms with Crippen LogP contribution in [0.3, 0.4) is 0 Å². The Bertz CT molecular complexity index is 1450. The Balaban J connectivity index is 1.03. The summed E-state index contributed by atoms with van der Waals surface area (Å²) in [4.78, 5) is 38.9. The molecule has 2 aliphatic heterocycles. The molecule has 0 saturated carbocycles. The number of nitrogens with one attached hydrogen (secondary N) is 2. The van der Waals surface area contributed by atoms with Crippen molar-refractivity contribution in [2.45, 2.75) is 57.0 Å². The van der Waals surface area contributed by atoms with Gasteiger partial charge >= 0.3 is 0 Å². The lowest BCUT2D eigenvalue weighted by atomic mass is 9.97. The molecule has 49 heavy (non-hydrogen) atoms. The minimum atomic E-state index is -1.38. The second kappa shape index (κ2) is 19.9. The highest BCUT2D eigenvalue weighted by Crippen LogP contribution is 2.26. The van der Waals surface area contributed by atoms with E-state index in [1.807, 2.05) is 48.5 Å². The van der Waals surface area contributed by atoms with Gasteiger partial charge in [-0.05, 0) is 23.8 Å². The van der Waals surface area contributed by atoms with Gasteiger partial charge in [0, 0.05) is 37.4 Å². The third kappa shape index (κ3) is 11.6. The van der Waals surface area contributed by atoms with Crippen molar-refractivity contribution >= 4 is 23.4 Å². The van der Waals surface area contributed by atoms with Crippen molar-refractivity contribution in [3.8, 4) is 11.8 Å². The molecule has 2 aromatic carbocycles. The number of aliphatic hydroxyl groups excluding tert-OH is 3. The van der Waals surface area contributed by atoms with E-state index >= 15 is 0 Å². The molecule has 2 heterocycles. The van der Waals surface area contributed by atoms with Gasteiger partial charge in [0.1, 0.15) is 24.4 Å². The molecule has 0 radical (unpaired) electrons. The lowest BCUT2D eigenvalue weighted by Gasteiger charge is -2.42. The molecule has 0 spiro atoms. The van der Waals surface area contributed by atoms with Crippen LogP contribution >= 0.6 is 0 Å². The summed E-state index contributed by atoms with van der Waals surface area (Å²) in [6.07, 6.45) is -4.78. The maximum absolute atomic E-state index is 13.3. The first-order valence-corrected chi connectivity index (χ1v) is 16.3. The molecule has 0 bridgehead atoms. The van der Waals surface area contributed by atoms with E-state index in [9.17, 15) is 29.7 Å². The third-order valence-corrected chi connectivity index (χ3v) is 7.81. The number of amides is 3. The highest BCUT2D eigenvalue weighted by molar-refractivity contribution is 5.96. The molecule has 0 aliphatic carbocycles. The monoisotopic (exact) mass is 683 g/mol. The number of fused-ring (bicyclic) bond motifs is 2. The lowest BCUT2D eigenvalue weighted by molar-refractivity contribution is -0.272. The predicted octanol–water partition coefficient (Wildman–Crippen LogP) is -0.160. The van der Waals surface area contributed by atoms with Crippen LogP contribution in [0.5, 0.6) is 0 Å². The number of hydrogen-bond acceptors (Lipinski definition) is 11. The Labute approximate surface area is 285 Å². The van der Waals surface area contributed by atoms with E-state index < -0.39 is 43.2 Å². The van der Waals surface area contributed by atoms with Crippen LogP contribution in [0.2, 0.25) is 0 Å². The van der Waals surface area contributed by atoms with Gasteiger partial charge in [-0.1, -0.05) is 42.2 Å². The molecule has 5 N–H and O–H groups in total. The number of nitrogens with zero attached hydrogens (tertiary/aromatic N) is 1. The Kier molecular flexibility index (Phi) is 15.4. The molecule has 1 saturated heterocycles. The quantitative estimate of drug-likeness (QED) is 0.104. The minimum absolute atomic E-state index is 0.0524. The van der Waals surface area contributed by atoms with Gasteiger partial charge in [0.05, 0.1) is 65.1 Å². The highest BCUT2D eigenvalue weighted by atomic mass is 16.7. The smallest absolute Gasteiger partial charge is 0.227 e. The Morgan fingerprint density at radius 1 is 0.857 bits per heavy atom. The summed E-state index contributed by atoms with van der Waals surface area (Å²) in [5, 5.41) is 35.0. The molecule has 2 aromatic rings. The Morgan fingerprint density at radius 3 is 2.20 bits per heavy atom. The molecule has 4 rings (SSSR count). The van der Waals surface area contributed by atoms with E-state index in [1.54, 1.807) is 4.90 Å². The maximum Gasteiger partial charge on any atom is 0.227 e. The maximum atomic E-state index is 13.3. The fourth-order valence-corrected chi connectivity index (χ4v) is 5.29. The molecule has 14 heteroatoms. The average Bonchev–Trinajstić information content (AvgIpc) is 3.09. The molecule has 5 atom stereocenters. The van der Waals surface area contributed by atoms with Crippen LogP contribution in [0.4, 0.5) is 5.69 Å². The van der Waals surface area contributed by atoms with Gasteiger partial charge in [-0.25, -0.2) is 0 Å². The second-order valence-corrected chi connectivity index (χ2v) is 11.4. The number of para-hydroxylation sites is 1. The zero-order chi connectivity index (χ0) is 35.0. The van der Waals surface area contributed by atoms with Crippen LogP contribution in [0.1, 0.15) is 36.5 Å². The molecule has 2 aliphatic rings. The van der Waals surface area contributed by atoms with Crippen LogP contribution in [0, 0.1) is 11.8 Å². The predicted molar refractivity (Wildman–Crippen MR) is 176 cm³/mol. The van der Waals surface area contributed by atoms with E-state index in [2.05, 4.69) is 22.5 Å². The zero-order valence-electron chi connectivity index (χ0n) is 27.5. The van der Waals surface area contributed by atoms with Crippen molar-refractivity contribution in [3.63, 3.8) is 0 Å². The van der Waals surface area contributed by atoms with Crippen LogP contribution in [-0.2, 0) is 44.6 Å². The summed E-state index contributed by atoms with van der Waals surface area (Å²) in [7, 11) is 0. The average molecular weight is 684 g/mol. The normalized spacial score (nSPS) is 21.3. The van der Waals surface area contributed by atoms with Crippen molar-refractivity contribution in [1.82, 2.24) is 10.6 Å². The van der Waals surface area contributed by atoms with Crippen LogP contribution < -0.4 is 15.5 Å². The number of benzene rings is 2. The van der Waals surface area contributed by atoms with Gasteiger partial charge in [0.25, 0.3) is 0 Å². The zero-order valence-corrected chi connectivity index (χ0v) is 27.5. The van der Waals surface area contributed by atoms with Gasteiger partial charge < -0.3 is 54.5 Å². The van der Waals surface area contributed by atoms with Crippen LogP contribution in [-0.4, -0.2) is 123 Å². The van der Waals surface area contributed by atoms with Crippen LogP contribution in [0.25, 0.3) is 0 Å². The SMILES string of the molecule is CC(=O)N[C@H]1[C@H](OCCOCCOCCOCCNC(=O)CCC(=O)N2Cc3ccccc3C#Cc3ccccc32)O[C@H](CO)[C@H](O)[C@@H]1O. The number of ether oxygens (including phenoxy) is 5. The summed E-state index contributed by atoms with van der Waals surface area (Å²) in [6, 6.07) is 14.2. The lowest BCUT2D eigenvalue weighted by Crippen LogP contribution is -2.64. The topological polar surface area (TPSA) is 185 Å². The summed E-state index contributed by atoms with van der Waals surface area (Å²) in [6.45, 7) is 3.18. The number of carbonyl (C=O) groups excluding carboxylic acids is 3. The number of rotatable bonds is 18. The van der Waals surface area contributed by atoms with Crippen molar-refractivity contribution in [3.05, 3.63) is 65.2 Å². The third-order valence-electron chi connectivity index (χ3n) is 7.81. The first kappa shape index (κ1) is 37.9. The summed E-state index contributed by atoms with van der Waals surface area (Å²) >= 11 is 0. The van der Waals surface area contributed by atoms with Gasteiger partial charge in [-0.15, -0.1) is 0 Å². The van der Waals surface area contributed by atoms with E-state index in [0.717, 1.165) is 22.4 Å². The van der Waals surface area contributed by atoms with Gasteiger partial charge in [-0.2, -0.15) is 0 Å². The molecule has 1 fully saturated rings. The molecular formula is C35H45N3O11. The van der Waals surface area contributed by atoms with Gasteiger partial charge in [0.2, 0.25) is 17.7 Å². The number of hydrogen-bond donors (Lipinski definition) is 5. The van der Waals surface area contributed by atoms with Crippen molar-refractivity contribution in [1.29, 1.82) is 0 Å². The summed E-state index contributed by atoms with van der Waals surface area (Å²) in [5.41, 5.74) is 3.32. The van der Waals surface area contributed by atoms with E-state index in [0.29, 0.717) is 32.9 Å². The molecule has 0 aromatic heterocycles.